The Kier molecular flexibility index (Phi) is 10.5. The Bertz CT molecular complexity index is 1140. The third-order valence-corrected chi connectivity index (χ3v) is 5.40. The maximum absolute atomic E-state index is 13.2. The topological polar surface area (TPSA) is 123 Å². The van der Waals surface area contributed by atoms with Crippen molar-refractivity contribution in [1.29, 1.82) is 0 Å². The van der Waals surface area contributed by atoms with Gasteiger partial charge in [0.2, 0.25) is 5.91 Å². The molecule has 0 aliphatic rings. The van der Waals surface area contributed by atoms with Crippen LogP contribution >= 0.6 is 0 Å². The van der Waals surface area contributed by atoms with Crippen molar-refractivity contribution >= 4 is 18.0 Å². The molecule has 0 unspecified atom stereocenters. The van der Waals surface area contributed by atoms with Gasteiger partial charge in [-0.25, -0.2) is 9.59 Å². The zero-order valence-corrected chi connectivity index (χ0v) is 20.5. The Hall–Kier alpha value is -4.37. The minimum atomic E-state index is -1.14. The maximum Gasteiger partial charge on any atom is 0.408 e. The number of alkyl carbamates (subject to hydrolysis) is 1. The quantitative estimate of drug-likeness (QED) is 0.323. The lowest BCUT2D eigenvalue weighted by Crippen LogP contribution is -2.54. The number of hydrogen-bond acceptors (Lipinski definition) is 7. The summed E-state index contributed by atoms with van der Waals surface area (Å²) in [6.07, 6.45) is -0.685. The zero-order chi connectivity index (χ0) is 26.5. The number of ether oxygens (including phenoxy) is 3. The minimum absolute atomic E-state index is 0.0253. The number of rotatable bonds is 12. The first-order valence-corrected chi connectivity index (χ1v) is 11.7. The van der Waals surface area contributed by atoms with Crippen LogP contribution in [0.15, 0.2) is 84.9 Å². The number of aromatic hydroxyl groups is 1. The van der Waals surface area contributed by atoms with Crippen LogP contribution in [0.2, 0.25) is 0 Å². The van der Waals surface area contributed by atoms with Crippen LogP contribution in [0.3, 0.4) is 0 Å². The largest absolute Gasteiger partial charge is 0.508 e. The number of nitrogens with one attached hydrogen (secondary N) is 2. The van der Waals surface area contributed by atoms with Gasteiger partial charge in [-0.1, -0.05) is 72.8 Å². The van der Waals surface area contributed by atoms with Gasteiger partial charge in [-0.2, -0.15) is 0 Å². The fraction of sp³-hybridized carbons (Fsp3) is 0.250. The molecule has 0 radical (unpaired) electrons. The van der Waals surface area contributed by atoms with Crippen LogP contribution in [-0.4, -0.2) is 48.9 Å². The van der Waals surface area contributed by atoms with E-state index in [0.717, 1.165) is 11.1 Å². The SMILES string of the molecule is COC(=O)[C@@H](Cc1ccc(O)cc1)NC(=O)[C@@H](COCc1ccccc1)NC(=O)OCc1ccccc1. The third kappa shape index (κ3) is 9.30. The average Bonchev–Trinajstić information content (AvgIpc) is 2.92. The highest BCUT2D eigenvalue weighted by Gasteiger charge is 2.28. The van der Waals surface area contributed by atoms with E-state index in [1.807, 2.05) is 60.7 Å². The first kappa shape index (κ1) is 27.2. The number of hydrogen-bond donors (Lipinski definition) is 3. The first-order chi connectivity index (χ1) is 17.9. The van der Waals surface area contributed by atoms with Gasteiger partial charge in [0.25, 0.3) is 0 Å². The van der Waals surface area contributed by atoms with Gasteiger partial charge in [0.15, 0.2) is 0 Å². The van der Waals surface area contributed by atoms with Crippen molar-refractivity contribution in [3.8, 4) is 5.75 Å². The third-order valence-electron chi connectivity index (χ3n) is 5.40. The summed E-state index contributed by atoms with van der Waals surface area (Å²) in [5.74, 6) is -1.22. The molecule has 9 heteroatoms. The van der Waals surface area contributed by atoms with Gasteiger partial charge >= 0.3 is 12.1 Å². The second-order valence-electron chi connectivity index (χ2n) is 8.21. The number of carbonyl (C=O) groups is 3. The van der Waals surface area contributed by atoms with Gasteiger partial charge < -0.3 is 30.0 Å². The van der Waals surface area contributed by atoms with Crippen LogP contribution < -0.4 is 10.6 Å². The Labute approximate surface area is 215 Å². The summed E-state index contributed by atoms with van der Waals surface area (Å²) >= 11 is 0. The van der Waals surface area contributed by atoms with Gasteiger partial charge in [0.1, 0.15) is 24.4 Å². The molecule has 0 aliphatic carbocycles. The summed E-state index contributed by atoms with van der Waals surface area (Å²) in [6.45, 7) is 0.0884. The number of carbonyl (C=O) groups excluding carboxylic acids is 3. The Morgan fingerprint density at radius 2 is 1.35 bits per heavy atom. The molecule has 2 amide bonds. The molecule has 3 N–H and O–H groups in total. The number of benzene rings is 3. The van der Waals surface area contributed by atoms with Crippen molar-refractivity contribution in [1.82, 2.24) is 10.6 Å². The predicted octanol–water partition coefficient (Wildman–Crippen LogP) is 3.10. The normalized spacial score (nSPS) is 12.1. The molecular formula is C28H30N2O7. The molecule has 0 heterocycles. The second kappa shape index (κ2) is 14.3. The molecule has 3 aromatic carbocycles. The molecule has 0 saturated carbocycles. The number of phenolic OH excluding ortho intramolecular Hbond substituents is 1. The molecule has 2 atom stereocenters. The van der Waals surface area contributed by atoms with Crippen LogP contribution in [0.5, 0.6) is 5.75 Å². The molecule has 0 fully saturated rings. The lowest BCUT2D eigenvalue weighted by Gasteiger charge is -2.22. The summed E-state index contributed by atoms with van der Waals surface area (Å²) < 4.78 is 15.8. The number of esters is 1. The highest BCUT2D eigenvalue weighted by atomic mass is 16.5. The number of amides is 2. The van der Waals surface area contributed by atoms with Crippen molar-refractivity contribution in [2.24, 2.45) is 0 Å². The molecule has 37 heavy (non-hydrogen) atoms. The molecule has 0 bridgehead atoms. The smallest absolute Gasteiger partial charge is 0.408 e. The average molecular weight is 507 g/mol. The van der Waals surface area contributed by atoms with E-state index in [9.17, 15) is 19.5 Å². The van der Waals surface area contributed by atoms with Crippen molar-refractivity contribution in [2.75, 3.05) is 13.7 Å². The van der Waals surface area contributed by atoms with Gasteiger partial charge in [-0.05, 0) is 28.8 Å². The monoisotopic (exact) mass is 506 g/mol. The van der Waals surface area contributed by atoms with E-state index in [1.54, 1.807) is 12.1 Å². The van der Waals surface area contributed by atoms with Crippen molar-refractivity contribution in [3.05, 3.63) is 102 Å². The van der Waals surface area contributed by atoms with E-state index >= 15 is 0 Å². The number of methoxy groups -OCH3 is 1. The van der Waals surface area contributed by atoms with E-state index in [2.05, 4.69) is 10.6 Å². The summed E-state index contributed by atoms with van der Waals surface area (Å²) in [5.41, 5.74) is 2.38. The fourth-order valence-corrected chi connectivity index (χ4v) is 3.43. The van der Waals surface area contributed by atoms with E-state index in [-0.39, 0.29) is 32.0 Å². The van der Waals surface area contributed by atoms with Gasteiger partial charge in [0, 0.05) is 6.42 Å². The van der Waals surface area contributed by atoms with Crippen molar-refractivity contribution in [2.45, 2.75) is 31.7 Å². The standard InChI is InChI=1S/C28H30N2O7/c1-35-27(33)24(16-20-12-14-23(31)15-13-20)29-26(32)25(19-36-17-21-8-4-2-5-9-21)30-28(34)37-18-22-10-6-3-7-11-22/h2-15,24-25,31H,16-19H2,1H3,(H,29,32)(H,30,34)/t24-,25-/m1/s1. The molecule has 0 spiro atoms. The summed E-state index contributed by atoms with van der Waals surface area (Å²) in [5, 5.41) is 14.7. The van der Waals surface area contributed by atoms with Crippen molar-refractivity contribution < 1.29 is 33.7 Å². The molecule has 0 saturated heterocycles. The highest BCUT2D eigenvalue weighted by molar-refractivity contribution is 5.89. The van der Waals surface area contributed by atoms with E-state index in [4.69, 9.17) is 14.2 Å². The summed E-state index contributed by atoms with van der Waals surface area (Å²) in [6, 6.07) is 22.6. The molecule has 194 valence electrons. The van der Waals surface area contributed by atoms with Crippen molar-refractivity contribution in [3.63, 3.8) is 0 Å². The van der Waals surface area contributed by atoms with Crippen LogP contribution in [0.4, 0.5) is 4.79 Å². The lowest BCUT2D eigenvalue weighted by molar-refractivity contribution is -0.145. The summed E-state index contributed by atoms with van der Waals surface area (Å²) in [4.78, 5) is 38.0. The van der Waals surface area contributed by atoms with Gasteiger partial charge in [0.05, 0.1) is 20.3 Å². The van der Waals surface area contributed by atoms with Gasteiger partial charge in [-0.15, -0.1) is 0 Å². The van der Waals surface area contributed by atoms with E-state index in [1.165, 1.54) is 19.2 Å². The van der Waals surface area contributed by atoms with Crippen LogP contribution in [-0.2, 0) is 43.4 Å². The highest BCUT2D eigenvalue weighted by Crippen LogP contribution is 2.12. The van der Waals surface area contributed by atoms with Crippen LogP contribution in [0, 0.1) is 0 Å². The maximum atomic E-state index is 13.2. The molecule has 3 aromatic rings. The predicted molar refractivity (Wildman–Crippen MR) is 135 cm³/mol. The van der Waals surface area contributed by atoms with Crippen LogP contribution in [0.25, 0.3) is 0 Å². The zero-order valence-electron chi connectivity index (χ0n) is 20.5. The Morgan fingerprint density at radius 1 is 0.757 bits per heavy atom. The van der Waals surface area contributed by atoms with Crippen LogP contribution in [0.1, 0.15) is 16.7 Å². The second-order valence-corrected chi connectivity index (χ2v) is 8.21. The van der Waals surface area contributed by atoms with Gasteiger partial charge in [-0.3, -0.25) is 4.79 Å². The lowest BCUT2D eigenvalue weighted by atomic mass is 10.1. The molecular weight excluding hydrogens is 476 g/mol. The molecule has 9 nitrogen and oxygen atoms in total. The molecule has 0 aromatic heterocycles. The number of phenols is 1. The van der Waals surface area contributed by atoms with E-state index in [0.29, 0.717) is 5.56 Å². The molecule has 3 rings (SSSR count). The summed E-state index contributed by atoms with van der Waals surface area (Å²) in [7, 11) is 1.22. The minimum Gasteiger partial charge on any atom is -0.508 e. The fourth-order valence-electron chi connectivity index (χ4n) is 3.43. The van der Waals surface area contributed by atoms with E-state index < -0.39 is 30.1 Å². The Balaban J connectivity index is 1.66. The molecule has 0 aliphatic heterocycles. The first-order valence-electron chi connectivity index (χ1n) is 11.7. The Morgan fingerprint density at radius 3 is 1.95 bits per heavy atom.